The summed E-state index contributed by atoms with van der Waals surface area (Å²) in [5.74, 6) is 0.492. The highest BCUT2D eigenvalue weighted by Crippen LogP contribution is 2.29. The quantitative estimate of drug-likeness (QED) is 0.296. The summed E-state index contributed by atoms with van der Waals surface area (Å²) in [6.45, 7) is 5.12. The molecule has 9 nitrogen and oxygen atoms in total. The van der Waals surface area contributed by atoms with Gasteiger partial charge in [0.25, 0.3) is 0 Å². The maximum Gasteiger partial charge on any atom is 0.416 e. The molecule has 5 rings (SSSR count). The van der Waals surface area contributed by atoms with Crippen LogP contribution in [0.4, 0.5) is 24.7 Å². The van der Waals surface area contributed by atoms with E-state index in [1.165, 1.54) is 18.3 Å². The molecule has 39 heavy (non-hydrogen) atoms. The van der Waals surface area contributed by atoms with Crippen LogP contribution in [0, 0.1) is 10.1 Å². The average molecular weight is 544 g/mol. The number of benzene rings is 2. The largest absolute Gasteiger partial charge is 0.490 e. The first kappa shape index (κ1) is 26.5. The summed E-state index contributed by atoms with van der Waals surface area (Å²) in [5, 5.41) is 10.9. The molecule has 0 unspecified atom stereocenters. The molecule has 1 saturated heterocycles. The van der Waals surface area contributed by atoms with Gasteiger partial charge in [0.15, 0.2) is 0 Å². The van der Waals surface area contributed by atoms with E-state index in [-0.39, 0.29) is 17.9 Å². The molecular weight excluding hydrogens is 515 g/mol. The Labute approximate surface area is 223 Å². The number of nitrogens with zero attached hydrogens (tertiary/aromatic N) is 5. The molecule has 12 heteroatoms. The number of piperazine rings is 1. The van der Waals surface area contributed by atoms with Gasteiger partial charge in [0.2, 0.25) is 0 Å². The minimum Gasteiger partial charge on any atom is -0.490 e. The topological polar surface area (TPSA) is 85.9 Å². The van der Waals surface area contributed by atoms with Crippen molar-refractivity contribution in [1.29, 1.82) is 0 Å². The Morgan fingerprint density at radius 2 is 1.77 bits per heavy atom. The van der Waals surface area contributed by atoms with Crippen LogP contribution in [-0.2, 0) is 12.7 Å². The fourth-order valence-electron chi connectivity index (χ4n) is 4.59. The predicted molar refractivity (Wildman–Crippen MR) is 139 cm³/mol. The number of alkyl halides is 3. The molecule has 0 aliphatic carbocycles. The molecule has 0 radical (unpaired) electrons. The third-order valence-corrected chi connectivity index (χ3v) is 6.80. The lowest BCUT2D eigenvalue weighted by Gasteiger charge is -2.35. The zero-order valence-electron chi connectivity index (χ0n) is 21.1. The zero-order chi connectivity index (χ0) is 27.4. The lowest BCUT2D eigenvalue weighted by molar-refractivity contribution is -0.389. The van der Waals surface area contributed by atoms with Crippen LogP contribution in [0.5, 0.6) is 11.8 Å². The molecule has 1 fully saturated rings. The van der Waals surface area contributed by atoms with Crippen molar-refractivity contribution in [2.45, 2.75) is 25.2 Å². The molecule has 3 heterocycles. The molecule has 1 atom stereocenters. The van der Waals surface area contributed by atoms with Crippen molar-refractivity contribution in [2.24, 2.45) is 0 Å². The molecule has 2 aliphatic rings. The number of hydrogen-bond donors (Lipinski definition) is 0. The van der Waals surface area contributed by atoms with Crippen LogP contribution in [0.15, 0.2) is 60.8 Å². The number of nitro groups is 1. The third kappa shape index (κ3) is 6.69. The Morgan fingerprint density at radius 3 is 2.44 bits per heavy atom. The first-order chi connectivity index (χ1) is 18.7. The summed E-state index contributed by atoms with van der Waals surface area (Å²) in [5.41, 5.74) is 1.21. The summed E-state index contributed by atoms with van der Waals surface area (Å²) in [6.07, 6.45) is 1.32. The summed E-state index contributed by atoms with van der Waals surface area (Å²) < 4.78 is 51.4. The van der Waals surface area contributed by atoms with E-state index in [1.54, 1.807) is 4.57 Å². The SMILES string of the molecule is O=[N+]([O-])c1cn2c(n1)O[C@@H](COc1ccc(N3CCN(CC=Cc4ccc(C(F)(F)F)cc4)CC3)cc1)CC2. The second-order valence-electron chi connectivity index (χ2n) is 9.48. The van der Waals surface area contributed by atoms with Gasteiger partial charge in [0, 0.05) is 56.4 Å². The van der Waals surface area contributed by atoms with Crippen molar-refractivity contribution >= 4 is 17.6 Å². The van der Waals surface area contributed by atoms with Crippen LogP contribution in [-0.4, -0.2) is 64.8 Å². The van der Waals surface area contributed by atoms with E-state index < -0.39 is 16.7 Å². The summed E-state index contributed by atoms with van der Waals surface area (Å²) in [7, 11) is 0. The van der Waals surface area contributed by atoms with Crippen LogP contribution in [0.25, 0.3) is 6.08 Å². The fourth-order valence-corrected chi connectivity index (χ4v) is 4.59. The minimum atomic E-state index is -4.32. The van der Waals surface area contributed by atoms with Gasteiger partial charge >= 0.3 is 18.0 Å². The van der Waals surface area contributed by atoms with E-state index in [0.717, 1.165) is 56.1 Å². The monoisotopic (exact) mass is 543 g/mol. The summed E-state index contributed by atoms with van der Waals surface area (Å²) >= 11 is 0. The lowest BCUT2D eigenvalue weighted by atomic mass is 10.1. The van der Waals surface area contributed by atoms with Crippen LogP contribution in [0.1, 0.15) is 17.5 Å². The highest BCUT2D eigenvalue weighted by atomic mass is 19.4. The number of halogens is 3. The molecule has 0 bridgehead atoms. The van der Waals surface area contributed by atoms with Crippen molar-refractivity contribution in [1.82, 2.24) is 14.5 Å². The number of anilines is 1. The average Bonchev–Trinajstić information content (AvgIpc) is 3.37. The van der Waals surface area contributed by atoms with E-state index in [9.17, 15) is 23.3 Å². The Balaban J connectivity index is 1.04. The third-order valence-electron chi connectivity index (χ3n) is 6.80. The maximum atomic E-state index is 12.7. The number of aryl methyl sites for hydroxylation is 1. The number of fused-ring (bicyclic) bond motifs is 1. The van der Waals surface area contributed by atoms with Crippen molar-refractivity contribution in [2.75, 3.05) is 44.2 Å². The molecule has 206 valence electrons. The Kier molecular flexibility index (Phi) is 7.73. The second kappa shape index (κ2) is 11.4. The van der Waals surface area contributed by atoms with Gasteiger partial charge in [-0.25, -0.2) is 0 Å². The Bertz CT molecular complexity index is 1300. The molecule has 0 saturated carbocycles. The first-order valence-corrected chi connectivity index (χ1v) is 12.7. The van der Waals surface area contributed by atoms with Gasteiger partial charge in [0.05, 0.1) is 5.56 Å². The smallest absolute Gasteiger partial charge is 0.416 e. The van der Waals surface area contributed by atoms with Crippen LogP contribution in [0.3, 0.4) is 0 Å². The molecule has 0 spiro atoms. The number of aromatic nitrogens is 2. The Morgan fingerprint density at radius 1 is 1.05 bits per heavy atom. The molecule has 0 amide bonds. The normalized spacial score (nSPS) is 18.1. The van der Waals surface area contributed by atoms with Crippen molar-refractivity contribution in [3.8, 4) is 11.8 Å². The van der Waals surface area contributed by atoms with Crippen molar-refractivity contribution in [3.63, 3.8) is 0 Å². The van der Waals surface area contributed by atoms with E-state index >= 15 is 0 Å². The Hall–Kier alpha value is -4.06. The van der Waals surface area contributed by atoms with Gasteiger partial charge in [-0.3, -0.25) is 9.47 Å². The number of hydrogen-bond acceptors (Lipinski definition) is 7. The molecule has 2 aromatic carbocycles. The first-order valence-electron chi connectivity index (χ1n) is 12.7. The van der Waals surface area contributed by atoms with Gasteiger partial charge < -0.3 is 24.5 Å². The van der Waals surface area contributed by atoms with E-state index in [1.807, 2.05) is 36.4 Å². The molecule has 3 aromatic rings. The van der Waals surface area contributed by atoms with Gasteiger partial charge in [-0.15, -0.1) is 0 Å². The van der Waals surface area contributed by atoms with Crippen LogP contribution < -0.4 is 14.4 Å². The van der Waals surface area contributed by atoms with Gasteiger partial charge in [-0.05, 0) is 46.9 Å². The zero-order valence-corrected chi connectivity index (χ0v) is 21.1. The van der Waals surface area contributed by atoms with E-state index in [0.29, 0.717) is 25.3 Å². The van der Waals surface area contributed by atoms with Gasteiger partial charge in [-0.1, -0.05) is 24.3 Å². The van der Waals surface area contributed by atoms with E-state index in [4.69, 9.17) is 9.47 Å². The second-order valence-corrected chi connectivity index (χ2v) is 9.48. The van der Waals surface area contributed by atoms with Crippen molar-refractivity contribution in [3.05, 3.63) is 82.0 Å². The van der Waals surface area contributed by atoms with E-state index in [2.05, 4.69) is 14.8 Å². The lowest BCUT2D eigenvalue weighted by Crippen LogP contribution is -2.46. The van der Waals surface area contributed by atoms with Crippen LogP contribution >= 0.6 is 0 Å². The minimum absolute atomic E-state index is 0.224. The summed E-state index contributed by atoms with van der Waals surface area (Å²) in [6, 6.07) is 13.3. The molecule has 1 aromatic heterocycles. The van der Waals surface area contributed by atoms with Gasteiger partial charge in [-0.2, -0.15) is 13.2 Å². The fraction of sp³-hybridized carbons (Fsp3) is 0.370. The highest BCUT2D eigenvalue weighted by Gasteiger charge is 2.30. The number of imidazole rings is 1. The molecule has 0 N–H and O–H groups in total. The summed E-state index contributed by atoms with van der Waals surface area (Å²) in [4.78, 5) is 18.9. The number of rotatable bonds is 8. The van der Waals surface area contributed by atoms with Crippen LogP contribution in [0.2, 0.25) is 0 Å². The highest BCUT2D eigenvalue weighted by molar-refractivity contribution is 5.51. The van der Waals surface area contributed by atoms with Crippen molar-refractivity contribution < 1.29 is 27.6 Å². The van der Waals surface area contributed by atoms with Gasteiger partial charge in [0.1, 0.15) is 24.7 Å². The molecular formula is C27H28F3N5O4. The predicted octanol–water partition coefficient (Wildman–Crippen LogP) is 4.88. The molecule has 2 aliphatic heterocycles. The number of ether oxygens (including phenoxy) is 2. The standard InChI is InChI=1S/C27H28F3N5O4/c28-27(29,30)21-5-3-20(4-6-21)2-1-12-32-14-16-33(17-15-32)22-7-9-23(10-8-22)38-19-24-11-13-34-18-25(35(36)37)31-26(34)39-24/h1-10,18,24H,11-17,19H2/t24-/m1/s1. The maximum absolute atomic E-state index is 12.7.